The van der Waals surface area contributed by atoms with Crippen LogP contribution < -0.4 is 16.0 Å². The van der Waals surface area contributed by atoms with Gasteiger partial charge in [-0.1, -0.05) is 20.8 Å². The van der Waals surface area contributed by atoms with E-state index < -0.39 is 29.3 Å². The molecule has 3 N–H and O–H groups in total. The summed E-state index contributed by atoms with van der Waals surface area (Å²) in [6, 6.07) is 3.63. The summed E-state index contributed by atoms with van der Waals surface area (Å²) < 4.78 is 16.9. The molecule has 0 aliphatic heterocycles. The van der Waals surface area contributed by atoms with Crippen molar-refractivity contribution in [1.82, 2.24) is 15.3 Å². The van der Waals surface area contributed by atoms with Gasteiger partial charge >= 0.3 is 12.2 Å². The number of furan rings is 1. The third-order valence-corrected chi connectivity index (χ3v) is 7.26. The number of hydrogen-bond donors (Lipinski definition) is 3. The maximum absolute atomic E-state index is 13.9. The van der Waals surface area contributed by atoms with Gasteiger partial charge in [0.15, 0.2) is 5.58 Å². The normalized spacial score (nSPS) is 19.0. The lowest BCUT2D eigenvalue weighted by Crippen LogP contribution is -2.42. The highest BCUT2D eigenvalue weighted by Gasteiger charge is 2.32. The van der Waals surface area contributed by atoms with Gasteiger partial charge in [-0.3, -0.25) is 20.1 Å². The van der Waals surface area contributed by atoms with Gasteiger partial charge in [0.1, 0.15) is 22.3 Å². The number of amides is 3. The number of ether oxygens (including phenoxy) is 2. The molecule has 3 aromatic rings. The first-order valence-corrected chi connectivity index (χ1v) is 15.2. The van der Waals surface area contributed by atoms with Crippen LogP contribution >= 0.6 is 0 Å². The Labute approximate surface area is 258 Å². The molecule has 3 atom stereocenters. The summed E-state index contributed by atoms with van der Waals surface area (Å²) in [5, 5.41) is 8.62. The fourth-order valence-corrected chi connectivity index (χ4v) is 5.50. The lowest BCUT2D eigenvalue weighted by Gasteiger charge is -2.35. The number of anilines is 2. The lowest BCUT2D eigenvalue weighted by molar-refractivity contribution is 0.0481. The van der Waals surface area contributed by atoms with Crippen LogP contribution in [0.15, 0.2) is 35.1 Å². The van der Waals surface area contributed by atoms with Crippen LogP contribution in [0, 0.1) is 5.92 Å². The summed E-state index contributed by atoms with van der Waals surface area (Å²) in [6.45, 7) is 17.0. The SMILES string of the molecule is CC(C)c1cnc2c(C(=O)Nc3cnccc3[C@@H]3C[C@H](C)C[C@H](NC(=O)OC(C)(C)C)C3)c(NC(=O)OC(C)(C)C)oc2c1. The summed E-state index contributed by atoms with van der Waals surface area (Å²) in [4.78, 5) is 48.0. The Morgan fingerprint density at radius 2 is 1.64 bits per heavy atom. The van der Waals surface area contributed by atoms with Crippen molar-refractivity contribution < 1.29 is 28.3 Å². The van der Waals surface area contributed by atoms with Gasteiger partial charge in [0.2, 0.25) is 5.88 Å². The molecule has 0 spiro atoms. The summed E-state index contributed by atoms with van der Waals surface area (Å²) in [6.07, 6.45) is 6.18. The van der Waals surface area contributed by atoms with Gasteiger partial charge in [-0.15, -0.1) is 0 Å². The highest BCUT2D eigenvalue weighted by molar-refractivity contribution is 6.16. The molecule has 4 rings (SSSR count). The van der Waals surface area contributed by atoms with Gasteiger partial charge in [0.25, 0.3) is 5.91 Å². The van der Waals surface area contributed by atoms with Crippen LogP contribution in [0.2, 0.25) is 0 Å². The number of hydrogen-bond acceptors (Lipinski definition) is 8. The Hall–Kier alpha value is -4.15. The van der Waals surface area contributed by atoms with E-state index >= 15 is 0 Å². The van der Waals surface area contributed by atoms with E-state index in [1.807, 2.05) is 46.8 Å². The molecule has 238 valence electrons. The summed E-state index contributed by atoms with van der Waals surface area (Å²) in [7, 11) is 0. The first-order valence-electron chi connectivity index (χ1n) is 15.2. The number of aromatic nitrogens is 2. The van der Waals surface area contributed by atoms with Gasteiger partial charge in [0, 0.05) is 18.4 Å². The molecule has 0 saturated heterocycles. The molecule has 0 aromatic carbocycles. The van der Waals surface area contributed by atoms with Crippen molar-refractivity contribution in [3.05, 3.63) is 47.4 Å². The first kappa shape index (κ1) is 32.8. The zero-order valence-electron chi connectivity index (χ0n) is 27.2. The number of rotatable bonds is 6. The van der Waals surface area contributed by atoms with Crippen molar-refractivity contribution in [1.29, 1.82) is 0 Å². The van der Waals surface area contributed by atoms with Crippen LogP contribution in [0.4, 0.5) is 21.2 Å². The van der Waals surface area contributed by atoms with Crippen LogP contribution in [0.25, 0.3) is 11.1 Å². The molecule has 1 aliphatic rings. The van der Waals surface area contributed by atoms with E-state index in [-0.39, 0.29) is 29.3 Å². The van der Waals surface area contributed by atoms with E-state index in [0.29, 0.717) is 29.1 Å². The molecule has 1 saturated carbocycles. The Morgan fingerprint density at radius 3 is 2.30 bits per heavy atom. The molecule has 0 bridgehead atoms. The average Bonchev–Trinajstić information content (AvgIpc) is 3.23. The second-order valence-corrected chi connectivity index (χ2v) is 14.0. The molecule has 0 unspecified atom stereocenters. The number of alkyl carbamates (subject to hydrolysis) is 1. The predicted octanol–water partition coefficient (Wildman–Crippen LogP) is 7.74. The Bertz CT molecular complexity index is 1520. The van der Waals surface area contributed by atoms with Crippen LogP contribution in [0.1, 0.15) is 115 Å². The van der Waals surface area contributed by atoms with E-state index in [2.05, 4.69) is 32.8 Å². The Kier molecular flexibility index (Phi) is 9.56. The van der Waals surface area contributed by atoms with Crippen molar-refractivity contribution >= 4 is 40.8 Å². The second-order valence-electron chi connectivity index (χ2n) is 14.0. The maximum Gasteiger partial charge on any atom is 0.414 e. The largest absolute Gasteiger partial charge is 0.444 e. The third kappa shape index (κ3) is 8.48. The highest BCUT2D eigenvalue weighted by atomic mass is 16.6. The van der Waals surface area contributed by atoms with E-state index in [9.17, 15) is 14.4 Å². The standard InChI is InChI=1S/C33H45N5O6/c1-18(2)21-15-25-27(35-16-21)26(29(42-25)38-31(41)44-33(7,8)9)28(39)37-24-17-34-11-10-23(24)20-12-19(3)13-22(14-20)36-30(40)43-32(4,5)6/h10-11,15-20,22H,12-14H2,1-9H3,(H,36,40)(H,37,39)(H,38,41)/t19-,20+,22-/m0/s1. The Balaban J connectivity index is 1.63. The molecule has 11 nitrogen and oxygen atoms in total. The van der Waals surface area contributed by atoms with Crippen LogP contribution in [-0.2, 0) is 9.47 Å². The van der Waals surface area contributed by atoms with Gasteiger partial charge in [-0.25, -0.2) is 9.59 Å². The third-order valence-electron chi connectivity index (χ3n) is 7.26. The number of nitrogens with zero attached hydrogens (tertiary/aromatic N) is 2. The molecule has 1 fully saturated rings. The van der Waals surface area contributed by atoms with Crippen molar-refractivity contribution in [2.45, 2.75) is 111 Å². The summed E-state index contributed by atoms with van der Waals surface area (Å²) >= 11 is 0. The fraction of sp³-hybridized carbons (Fsp3) is 0.545. The molecule has 1 aliphatic carbocycles. The minimum absolute atomic E-state index is 0.0455. The number of carbonyl (C=O) groups is 3. The minimum atomic E-state index is -0.753. The van der Waals surface area contributed by atoms with Crippen molar-refractivity contribution in [2.24, 2.45) is 5.92 Å². The fourth-order valence-electron chi connectivity index (χ4n) is 5.50. The van der Waals surface area contributed by atoms with E-state index in [4.69, 9.17) is 13.9 Å². The number of pyridine rings is 2. The maximum atomic E-state index is 13.9. The molecular weight excluding hydrogens is 562 g/mol. The molecule has 44 heavy (non-hydrogen) atoms. The van der Waals surface area contributed by atoms with Gasteiger partial charge in [0.05, 0.1) is 11.9 Å². The average molecular weight is 608 g/mol. The number of fused-ring (bicyclic) bond motifs is 1. The van der Waals surface area contributed by atoms with Crippen LogP contribution in [-0.4, -0.2) is 45.3 Å². The zero-order chi connectivity index (χ0) is 32.4. The second kappa shape index (κ2) is 12.8. The van der Waals surface area contributed by atoms with Crippen molar-refractivity contribution in [3.63, 3.8) is 0 Å². The van der Waals surface area contributed by atoms with E-state index in [0.717, 1.165) is 24.0 Å². The number of nitrogens with one attached hydrogen (secondary N) is 3. The van der Waals surface area contributed by atoms with Crippen LogP contribution in [0.5, 0.6) is 0 Å². The van der Waals surface area contributed by atoms with Gasteiger partial charge in [-0.2, -0.15) is 0 Å². The smallest absolute Gasteiger partial charge is 0.414 e. The quantitative estimate of drug-likeness (QED) is 0.258. The predicted molar refractivity (Wildman–Crippen MR) is 169 cm³/mol. The van der Waals surface area contributed by atoms with Gasteiger partial charge < -0.3 is 24.5 Å². The van der Waals surface area contributed by atoms with Crippen molar-refractivity contribution in [3.8, 4) is 0 Å². The summed E-state index contributed by atoms with van der Waals surface area (Å²) in [5.41, 5.74) is 1.79. The summed E-state index contributed by atoms with van der Waals surface area (Å²) in [5.74, 6) is -0.0166. The highest BCUT2D eigenvalue weighted by Crippen LogP contribution is 2.40. The molecule has 0 radical (unpaired) electrons. The van der Waals surface area contributed by atoms with E-state index in [1.54, 1.807) is 39.4 Å². The molecule has 3 amide bonds. The van der Waals surface area contributed by atoms with Crippen LogP contribution in [0.3, 0.4) is 0 Å². The monoisotopic (exact) mass is 607 g/mol. The molecule has 3 heterocycles. The lowest BCUT2D eigenvalue weighted by atomic mass is 9.76. The van der Waals surface area contributed by atoms with E-state index in [1.165, 1.54) is 0 Å². The molecule has 3 aromatic heterocycles. The molecular formula is C33H45N5O6. The molecule has 11 heteroatoms. The topological polar surface area (TPSA) is 145 Å². The van der Waals surface area contributed by atoms with Gasteiger partial charge in [-0.05, 0) is 102 Å². The van der Waals surface area contributed by atoms with Crippen molar-refractivity contribution in [2.75, 3.05) is 10.6 Å². The number of carbonyl (C=O) groups excluding carboxylic acids is 3. The minimum Gasteiger partial charge on any atom is -0.444 e. The first-order chi connectivity index (χ1) is 20.5. The zero-order valence-corrected chi connectivity index (χ0v) is 27.2. The Morgan fingerprint density at radius 1 is 0.955 bits per heavy atom.